The number of aromatic nitrogens is 2. The molecule has 0 N–H and O–H groups in total. The van der Waals surface area contributed by atoms with E-state index in [0.717, 1.165) is 16.8 Å². The Bertz CT molecular complexity index is 704. The van der Waals surface area contributed by atoms with E-state index in [9.17, 15) is 8.78 Å². The van der Waals surface area contributed by atoms with Crippen LogP contribution in [0.15, 0.2) is 36.7 Å². The van der Waals surface area contributed by atoms with Crippen molar-refractivity contribution in [1.29, 1.82) is 0 Å². The molecule has 0 saturated heterocycles. The zero-order chi connectivity index (χ0) is 17.4. The number of nitrogens with zero attached hydrogens (tertiary/aromatic N) is 2. The number of rotatable bonds is 5. The van der Waals surface area contributed by atoms with Gasteiger partial charge in [-0.25, -0.2) is 0 Å². The molecule has 0 amide bonds. The van der Waals surface area contributed by atoms with Gasteiger partial charge in [-0.05, 0) is 36.6 Å². The van der Waals surface area contributed by atoms with Gasteiger partial charge in [0.1, 0.15) is 0 Å². The lowest BCUT2D eigenvalue weighted by atomic mass is 9.95. The quantitative estimate of drug-likeness (QED) is 0.757. The molecule has 0 aromatic carbocycles. The summed E-state index contributed by atoms with van der Waals surface area (Å²) in [6.45, 7) is 4.11. The van der Waals surface area contributed by atoms with Crippen LogP contribution < -0.4 is 0 Å². The third-order valence-electron chi connectivity index (χ3n) is 4.21. The molecule has 0 radical (unpaired) electrons. The summed E-state index contributed by atoms with van der Waals surface area (Å²) in [6, 6.07) is 7.67. The second-order valence-corrected chi connectivity index (χ2v) is 7.34. The van der Waals surface area contributed by atoms with Crippen LogP contribution in [0, 0.1) is 5.41 Å². The molecule has 5 heteroatoms. The first-order chi connectivity index (χ1) is 11.3. The molecule has 0 aliphatic heterocycles. The molecule has 0 spiro atoms. The van der Waals surface area contributed by atoms with Crippen molar-refractivity contribution >= 4 is 0 Å². The number of hydrogen-bond donors (Lipinski definition) is 0. The normalized spacial score (nSPS) is 15.5. The molecule has 128 valence electrons. The average molecular weight is 332 g/mol. The van der Waals surface area contributed by atoms with Gasteiger partial charge in [0.05, 0.1) is 17.7 Å². The molecule has 0 bridgehead atoms. The van der Waals surface area contributed by atoms with Gasteiger partial charge in [0.25, 0.3) is 0 Å². The Morgan fingerprint density at radius 1 is 1.08 bits per heavy atom. The van der Waals surface area contributed by atoms with Crippen molar-refractivity contribution < 1.29 is 13.5 Å². The van der Waals surface area contributed by atoms with Gasteiger partial charge in [-0.3, -0.25) is 9.97 Å². The number of pyridine rings is 2. The van der Waals surface area contributed by atoms with Crippen molar-refractivity contribution in [2.75, 3.05) is 0 Å². The fourth-order valence-corrected chi connectivity index (χ4v) is 2.31. The van der Waals surface area contributed by atoms with Gasteiger partial charge < -0.3 is 4.74 Å². The summed E-state index contributed by atoms with van der Waals surface area (Å²) < 4.78 is 32.6. The highest BCUT2D eigenvalue weighted by Gasteiger charge is 2.44. The summed E-state index contributed by atoms with van der Waals surface area (Å²) in [5, 5.41) is 0. The molecule has 3 nitrogen and oxygen atoms in total. The molecule has 1 aliphatic rings. The topological polar surface area (TPSA) is 35.0 Å². The van der Waals surface area contributed by atoms with Crippen molar-refractivity contribution in [3.8, 4) is 11.1 Å². The van der Waals surface area contributed by atoms with Crippen LogP contribution in [0.2, 0.25) is 0 Å². The lowest BCUT2D eigenvalue weighted by Crippen LogP contribution is -2.36. The SMILES string of the molecule is CC(C)(C)C(F)(F)OCc1cc(-c2ccc(C3CC3)nc2)ccn1. The summed E-state index contributed by atoms with van der Waals surface area (Å²) in [5.41, 5.74) is 2.19. The Morgan fingerprint density at radius 2 is 1.83 bits per heavy atom. The Morgan fingerprint density at radius 3 is 2.42 bits per heavy atom. The smallest absolute Gasteiger partial charge is 0.314 e. The van der Waals surface area contributed by atoms with Gasteiger partial charge in [-0.1, -0.05) is 26.8 Å². The van der Waals surface area contributed by atoms with Gasteiger partial charge in [0, 0.05) is 29.6 Å². The van der Waals surface area contributed by atoms with Crippen LogP contribution in [0.4, 0.5) is 8.78 Å². The van der Waals surface area contributed by atoms with Crippen LogP contribution in [-0.4, -0.2) is 16.1 Å². The number of hydrogen-bond acceptors (Lipinski definition) is 3. The zero-order valence-corrected chi connectivity index (χ0v) is 14.2. The lowest BCUT2D eigenvalue weighted by molar-refractivity contribution is -0.301. The lowest BCUT2D eigenvalue weighted by Gasteiger charge is -2.29. The first kappa shape index (κ1) is 17.0. The van der Waals surface area contributed by atoms with E-state index in [2.05, 4.69) is 9.97 Å². The van der Waals surface area contributed by atoms with Crippen molar-refractivity contribution in [1.82, 2.24) is 9.97 Å². The van der Waals surface area contributed by atoms with Crippen LogP contribution in [0.1, 0.15) is 50.9 Å². The molecule has 2 aromatic rings. The van der Waals surface area contributed by atoms with Crippen molar-refractivity contribution in [2.24, 2.45) is 5.41 Å². The summed E-state index contributed by atoms with van der Waals surface area (Å²) >= 11 is 0. The van der Waals surface area contributed by atoms with Gasteiger partial charge >= 0.3 is 6.11 Å². The summed E-state index contributed by atoms with van der Waals surface area (Å²) in [4.78, 5) is 8.62. The Balaban J connectivity index is 1.72. The summed E-state index contributed by atoms with van der Waals surface area (Å²) in [5.74, 6) is 0.611. The molecule has 3 rings (SSSR count). The number of halogens is 2. The standard InChI is InChI=1S/C19H22F2N2O/c1-18(2,3)19(20,21)24-12-16-10-14(8-9-22-16)15-6-7-17(23-11-15)13-4-5-13/h6-11,13H,4-5,12H2,1-3H3. The zero-order valence-electron chi connectivity index (χ0n) is 14.2. The van der Waals surface area contributed by atoms with Crippen molar-refractivity contribution in [3.63, 3.8) is 0 Å². The van der Waals surface area contributed by atoms with Crippen LogP contribution in [-0.2, 0) is 11.3 Å². The van der Waals surface area contributed by atoms with Gasteiger partial charge in [-0.15, -0.1) is 0 Å². The number of alkyl halides is 2. The largest absolute Gasteiger partial charge is 0.360 e. The minimum absolute atomic E-state index is 0.230. The molecule has 24 heavy (non-hydrogen) atoms. The molecule has 2 heterocycles. The van der Waals surface area contributed by atoms with E-state index in [1.165, 1.54) is 33.6 Å². The Labute approximate surface area is 141 Å². The van der Waals surface area contributed by atoms with E-state index in [4.69, 9.17) is 4.74 Å². The highest BCUT2D eigenvalue weighted by Crippen LogP contribution is 2.39. The van der Waals surface area contributed by atoms with Crippen molar-refractivity contribution in [2.45, 2.75) is 52.2 Å². The van der Waals surface area contributed by atoms with Crippen LogP contribution in [0.5, 0.6) is 0 Å². The first-order valence-corrected chi connectivity index (χ1v) is 8.19. The monoisotopic (exact) mass is 332 g/mol. The molecule has 1 fully saturated rings. The second kappa shape index (κ2) is 6.20. The second-order valence-electron chi connectivity index (χ2n) is 7.34. The van der Waals surface area contributed by atoms with Gasteiger partial charge in [-0.2, -0.15) is 8.78 Å². The maximum absolute atomic E-state index is 13.9. The van der Waals surface area contributed by atoms with Gasteiger partial charge in [0.15, 0.2) is 0 Å². The van der Waals surface area contributed by atoms with Crippen LogP contribution in [0.3, 0.4) is 0 Å². The molecular weight excluding hydrogens is 310 g/mol. The van der Waals surface area contributed by atoms with E-state index in [0.29, 0.717) is 11.6 Å². The number of ether oxygens (including phenoxy) is 1. The van der Waals surface area contributed by atoms with E-state index in [1.54, 1.807) is 12.3 Å². The third-order valence-corrected chi connectivity index (χ3v) is 4.21. The molecule has 2 aromatic heterocycles. The van der Waals surface area contributed by atoms with Gasteiger partial charge in [0.2, 0.25) is 0 Å². The van der Waals surface area contributed by atoms with E-state index in [-0.39, 0.29) is 6.61 Å². The fraction of sp³-hybridized carbons (Fsp3) is 0.474. The maximum atomic E-state index is 13.9. The van der Waals surface area contributed by atoms with E-state index in [1.807, 2.05) is 24.4 Å². The highest BCUT2D eigenvalue weighted by molar-refractivity contribution is 5.62. The summed E-state index contributed by atoms with van der Waals surface area (Å²) in [6.07, 6.45) is 2.66. The van der Waals surface area contributed by atoms with Crippen LogP contribution in [0.25, 0.3) is 11.1 Å². The minimum atomic E-state index is -3.21. The molecule has 0 atom stereocenters. The van der Waals surface area contributed by atoms with E-state index < -0.39 is 11.5 Å². The molecule has 1 saturated carbocycles. The Hall–Kier alpha value is -1.88. The minimum Gasteiger partial charge on any atom is -0.314 e. The maximum Gasteiger partial charge on any atom is 0.360 e. The predicted molar refractivity (Wildman–Crippen MR) is 88.6 cm³/mol. The first-order valence-electron chi connectivity index (χ1n) is 8.19. The van der Waals surface area contributed by atoms with Crippen LogP contribution >= 0.6 is 0 Å². The van der Waals surface area contributed by atoms with Crippen molar-refractivity contribution in [3.05, 3.63) is 48.0 Å². The third kappa shape index (κ3) is 3.78. The van der Waals surface area contributed by atoms with E-state index >= 15 is 0 Å². The summed E-state index contributed by atoms with van der Waals surface area (Å²) in [7, 11) is 0. The predicted octanol–water partition coefficient (Wildman–Crippen LogP) is 5.18. The molecular formula is C19H22F2N2O. The highest BCUT2D eigenvalue weighted by atomic mass is 19.3. The molecule has 0 unspecified atom stereocenters. The Kier molecular flexibility index (Phi) is 4.38. The molecule has 1 aliphatic carbocycles. The fourth-order valence-electron chi connectivity index (χ4n) is 2.31. The average Bonchev–Trinajstić information content (AvgIpc) is 3.37.